The van der Waals surface area contributed by atoms with E-state index in [-0.39, 0.29) is 16.6 Å². The first-order valence-electron chi connectivity index (χ1n) is 5.64. The normalized spacial score (nSPS) is 10.4. The van der Waals surface area contributed by atoms with Crippen LogP contribution in [0.5, 0.6) is 0 Å². The first-order chi connectivity index (χ1) is 9.11. The minimum Gasteiger partial charge on any atom is -0.476 e. The molecule has 0 saturated carbocycles. The van der Waals surface area contributed by atoms with Crippen LogP contribution < -0.4 is 5.32 Å². The molecule has 2 heterocycles. The van der Waals surface area contributed by atoms with Gasteiger partial charge in [-0.3, -0.25) is 4.79 Å². The van der Waals surface area contributed by atoms with Crippen molar-refractivity contribution in [1.29, 1.82) is 0 Å². The molecule has 1 amide bonds. The van der Waals surface area contributed by atoms with Crippen LogP contribution in [0.25, 0.3) is 0 Å². The summed E-state index contributed by atoms with van der Waals surface area (Å²) in [5, 5.41) is 15.0. The third kappa shape index (κ3) is 3.18. The van der Waals surface area contributed by atoms with Crippen LogP contribution in [-0.4, -0.2) is 22.0 Å². The average Bonchev–Trinajstić information content (AvgIpc) is 3.04. The molecule has 2 rings (SSSR count). The van der Waals surface area contributed by atoms with Crippen molar-refractivity contribution in [1.82, 2.24) is 10.3 Å². The van der Waals surface area contributed by atoms with Crippen LogP contribution in [0.3, 0.4) is 0 Å². The monoisotopic (exact) mass is 296 g/mol. The fourth-order valence-corrected chi connectivity index (χ4v) is 3.17. The molecule has 2 N–H and O–H groups in total. The molecule has 0 aromatic carbocycles. The lowest BCUT2D eigenvalue weighted by molar-refractivity contribution is 0.0691. The van der Waals surface area contributed by atoms with Gasteiger partial charge in [-0.15, -0.1) is 22.7 Å². The standard InChI is InChI=1S/C12H12N2O3S2/c1-2-7-3-4-18-9(7)5-13-10(15)11-14-8(6-19-11)12(16)17/h3-4,6H,2,5H2,1H3,(H,13,15)(H,16,17). The van der Waals surface area contributed by atoms with E-state index in [1.165, 1.54) is 10.9 Å². The molecule has 19 heavy (non-hydrogen) atoms. The van der Waals surface area contributed by atoms with Crippen molar-refractivity contribution in [2.75, 3.05) is 0 Å². The summed E-state index contributed by atoms with van der Waals surface area (Å²) in [5.41, 5.74) is 1.12. The molecule has 0 radical (unpaired) electrons. The van der Waals surface area contributed by atoms with Gasteiger partial charge in [-0.2, -0.15) is 0 Å². The third-order valence-electron chi connectivity index (χ3n) is 2.55. The van der Waals surface area contributed by atoms with Crippen molar-refractivity contribution < 1.29 is 14.7 Å². The summed E-state index contributed by atoms with van der Waals surface area (Å²) in [6, 6.07) is 2.04. The second-order valence-electron chi connectivity index (χ2n) is 3.75. The zero-order valence-corrected chi connectivity index (χ0v) is 11.8. The van der Waals surface area contributed by atoms with E-state index in [9.17, 15) is 9.59 Å². The first kappa shape index (κ1) is 13.7. The van der Waals surface area contributed by atoms with Crippen LogP contribution in [0.15, 0.2) is 16.8 Å². The number of aromatic nitrogens is 1. The maximum Gasteiger partial charge on any atom is 0.355 e. The second-order valence-corrected chi connectivity index (χ2v) is 5.61. The van der Waals surface area contributed by atoms with Gasteiger partial charge in [0.1, 0.15) is 0 Å². The number of carbonyl (C=O) groups excluding carboxylic acids is 1. The molecule has 0 spiro atoms. The zero-order valence-electron chi connectivity index (χ0n) is 10.2. The van der Waals surface area contributed by atoms with E-state index in [1.54, 1.807) is 11.3 Å². The number of thiophene rings is 1. The molecule has 0 aliphatic carbocycles. The maximum absolute atomic E-state index is 11.8. The molecule has 0 atom stereocenters. The number of hydrogen-bond acceptors (Lipinski definition) is 5. The van der Waals surface area contributed by atoms with Gasteiger partial charge in [0.15, 0.2) is 10.7 Å². The van der Waals surface area contributed by atoms with E-state index < -0.39 is 5.97 Å². The van der Waals surface area contributed by atoms with E-state index in [4.69, 9.17) is 5.11 Å². The van der Waals surface area contributed by atoms with Crippen molar-refractivity contribution in [3.63, 3.8) is 0 Å². The van der Waals surface area contributed by atoms with Gasteiger partial charge < -0.3 is 10.4 Å². The quantitative estimate of drug-likeness (QED) is 0.888. The Kier molecular flexibility index (Phi) is 4.28. The number of nitrogens with zero attached hydrogens (tertiary/aromatic N) is 1. The minimum atomic E-state index is -1.12. The second kappa shape index (κ2) is 5.94. The number of hydrogen-bond donors (Lipinski definition) is 2. The number of carboxylic acids is 1. The Morgan fingerprint density at radius 3 is 2.84 bits per heavy atom. The fraction of sp³-hybridized carbons (Fsp3) is 0.250. The lowest BCUT2D eigenvalue weighted by atomic mass is 10.2. The first-order valence-corrected chi connectivity index (χ1v) is 7.40. The van der Waals surface area contributed by atoms with Crippen molar-refractivity contribution in [3.8, 4) is 0 Å². The average molecular weight is 296 g/mol. The molecular weight excluding hydrogens is 284 g/mol. The largest absolute Gasteiger partial charge is 0.476 e. The van der Waals surface area contributed by atoms with Crippen molar-refractivity contribution in [2.45, 2.75) is 19.9 Å². The van der Waals surface area contributed by atoms with Gasteiger partial charge in [0.2, 0.25) is 0 Å². The maximum atomic E-state index is 11.8. The Labute approximate surface area is 117 Å². The summed E-state index contributed by atoms with van der Waals surface area (Å²) in [6.07, 6.45) is 0.926. The van der Waals surface area contributed by atoms with E-state index in [0.717, 1.165) is 22.6 Å². The summed E-state index contributed by atoms with van der Waals surface area (Å²) >= 11 is 2.63. The van der Waals surface area contributed by atoms with Crippen molar-refractivity contribution in [3.05, 3.63) is 38.0 Å². The smallest absolute Gasteiger partial charge is 0.355 e. The molecule has 2 aromatic heterocycles. The molecule has 0 aliphatic heterocycles. The van der Waals surface area contributed by atoms with E-state index in [0.29, 0.717) is 6.54 Å². The van der Waals surface area contributed by atoms with Crippen molar-refractivity contribution in [2.24, 2.45) is 0 Å². The Balaban J connectivity index is 1.99. The molecule has 0 aliphatic rings. The van der Waals surface area contributed by atoms with Gasteiger partial charge in [0, 0.05) is 10.3 Å². The van der Waals surface area contributed by atoms with Crippen LogP contribution in [0.2, 0.25) is 0 Å². The molecule has 0 bridgehead atoms. The van der Waals surface area contributed by atoms with E-state index >= 15 is 0 Å². The zero-order chi connectivity index (χ0) is 13.8. The molecule has 0 unspecified atom stereocenters. The number of rotatable bonds is 5. The molecule has 5 nitrogen and oxygen atoms in total. The van der Waals surface area contributed by atoms with Crippen LogP contribution in [0.1, 0.15) is 37.7 Å². The summed E-state index contributed by atoms with van der Waals surface area (Å²) in [7, 11) is 0. The van der Waals surface area contributed by atoms with E-state index in [2.05, 4.69) is 17.2 Å². The van der Waals surface area contributed by atoms with Crippen LogP contribution >= 0.6 is 22.7 Å². The summed E-state index contributed by atoms with van der Waals surface area (Å²) in [4.78, 5) is 27.4. The molecular formula is C12H12N2O3S2. The van der Waals surface area contributed by atoms with Crippen LogP contribution in [0.4, 0.5) is 0 Å². The molecule has 100 valence electrons. The number of carboxylic acid groups (broad SMARTS) is 1. The van der Waals surface area contributed by atoms with Gasteiger partial charge in [0.05, 0.1) is 6.54 Å². The van der Waals surface area contributed by atoms with Crippen molar-refractivity contribution >= 4 is 34.6 Å². The lowest BCUT2D eigenvalue weighted by Crippen LogP contribution is -2.22. The number of nitrogens with one attached hydrogen (secondary N) is 1. The van der Waals surface area contributed by atoms with Gasteiger partial charge >= 0.3 is 5.97 Å². The Morgan fingerprint density at radius 1 is 1.42 bits per heavy atom. The molecule has 0 saturated heterocycles. The number of amides is 1. The molecule has 0 fully saturated rings. The van der Waals surface area contributed by atoms with Gasteiger partial charge in [-0.1, -0.05) is 6.92 Å². The van der Waals surface area contributed by atoms with Crippen LogP contribution in [0, 0.1) is 0 Å². The number of aromatic carboxylic acids is 1. The predicted octanol–water partition coefficient (Wildman–Crippen LogP) is 2.40. The highest BCUT2D eigenvalue weighted by atomic mass is 32.1. The van der Waals surface area contributed by atoms with E-state index in [1.807, 2.05) is 11.4 Å². The third-order valence-corrected chi connectivity index (χ3v) is 4.35. The summed E-state index contributed by atoms with van der Waals surface area (Å²) < 4.78 is 0. The topological polar surface area (TPSA) is 79.3 Å². The fourth-order valence-electron chi connectivity index (χ4n) is 1.55. The van der Waals surface area contributed by atoms with Gasteiger partial charge in [-0.25, -0.2) is 9.78 Å². The summed E-state index contributed by atoms with van der Waals surface area (Å²) in [6.45, 7) is 2.51. The molecule has 7 heteroatoms. The number of aryl methyl sites for hydroxylation is 1. The highest BCUT2D eigenvalue weighted by Crippen LogP contribution is 2.17. The predicted molar refractivity (Wildman–Crippen MR) is 73.9 cm³/mol. The van der Waals surface area contributed by atoms with Gasteiger partial charge in [0.25, 0.3) is 5.91 Å². The number of carbonyl (C=O) groups is 2. The highest BCUT2D eigenvalue weighted by Gasteiger charge is 2.14. The minimum absolute atomic E-state index is 0.0967. The van der Waals surface area contributed by atoms with Gasteiger partial charge in [-0.05, 0) is 23.4 Å². The lowest BCUT2D eigenvalue weighted by Gasteiger charge is -2.03. The number of thiazole rings is 1. The summed E-state index contributed by atoms with van der Waals surface area (Å²) in [5.74, 6) is -1.46. The molecule has 2 aromatic rings. The Bertz CT molecular complexity index is 604. The Morgan fingerprint density at radius 2 is 2.21 bits per heavy atom. The SMILES string of the molecule is CCc1ccsc1CNC(=O)c1nc(C(=O)O)cs1. The van der Waals surface area contributed by atoms with Crippen LogP contribution in [-0.2, 0) is 13.0 Å². The Hall–Kier alpha value is -1.73. The highest BCUT2D eigenvalue weighted by molar-refractivity contribution is 7.12.